The molecule has 0 aliphatic rings. The molecule has 0 spiro atoms. The van der Waals surface area contributed by atoms with Crippen molar-refractivity contribution < 1.29 is 0 Å². The van der Waals surface area contributed by atoms with E-state index in [-0.39, 0.29) is 12.4 Å². The minimum atomic E-state index is 0. The van der Waals surface area contributed by atoms with Crippen LogP contribution in [0.4, 0.5) is 0 Å². The normalized spacial score (nSPS) is 9.85. The molecule has 0 aliphatic carbocycles. The molecule has 0 bridgehead atoms. The molecule has 0 atom stereocenters. The molecular formula is C9H14Cl2N2. The number of hydrogen-bond donors (Lipinski definition) is 0. The van der Waals surface area contributed by atoms with Gasteiger partial charge < -0.3 is 4.90 Å². The first kappa shape index (κ1) is 12.7. The van der Waals surface area contributed by atoms with Crippen molar-refractivity contribution in [3.8, 4) is 0 Å². The van der Waals surface area contributed by atoms with Crippen LogP contribution in [-0.4, -0.2) is 24.0 Å². The zero-order valence-electron chi connectivity index (χ0n) is 7.83. The summed E-state index contributed by atoms with van der Waals surface area (Å²) in [5.74, 6) is 0.487. The predicted octanol–water partition coefficient (Wildman–Crippen LogP) is 2.30. The molecule has 0 radical (unpaired) electrons. The third-order valence-corrected chi connectivity index (χ3v) is 1.75. The van der Waals surface area contributed by atoms with Crippen LogP contribution in [0.1, 0.15) is 11.4 Å². The van der Waals surface area contributed by atoms with Crippen molar-refractivity contribution in [1.29, 1.82) is 0 Å². The van der Waals surface area contributed by atoms with Crippen LogP contribution in [0.3, 0.4) is 0 Å². The van der Waals surface area contributed by atoms with Crippen LogP contribution in [0.5, 0.6) is 0 Å². The first-order valence-corrected chi connectivity index (χ1v) is 4.41. The van der Waals surface area contributed by atoms with Gasteiger partial charge in [0.05, 0.1) is 17.3 Å². The Morgan fingerprint density at radius 3 is 2.46 bits per heavy atom. The van der Waals surface area contributed by atoms with Crippen molar-refractivity contribution in [1.82, 2.24) is 9.88 Å². The van der Waals surface area contributed by atoms with Crippen LogP contribution < -0.4 is 0 Å². The van der Waals surface area contributed by atoms with Gasteiger partial charge in [-0.3, -0.25) is 4.98 Å². The van der Waals surface area contributed by atoms with E-state index < -0.39 is 0 Å². The third kappa shape index (κ3) is 4.46. The van der Waals surface area contributed by atoms with Crippen molar-refractivity contribution in [2.45, 2.75) is 12.4 Å². The minimum Gasteiger partial charge on any atom is -0.304 e. The van der Waals surface area contributed by atoms with Gasteiger partial charge in [0.1, 0.15) is 0 Å². The molecule has 0 aliphatic heterocycles. The van der Waals surface area contributed by atoms with E-state index in [0.29, 0.717) is 5.88 Å². The lowest BCUT2D eigenvalue weighted by Crippen LogP contribution is -2.12. The van der Waals surface area contributed by atoms with E-state index in [0.717, 1.165) is 17.9 Å². The molecule has 1 heterocycles. The van der Waals surface area contributed by atoms with E-state index in [1.807, 2.05) is 32.3 Å². The fourth-order valence-electron chi connectivity index (χ4n) is 1.02. The van der Waals surface area contributed by atoms with E-state index >= 15 is 0 Å². The molecule has 0 N–H and O–H groups in total. The van der Waals surface area contributed by atoms with Gasteiger partial charge in [-0.2, -0.15) is 0 Å². The number of pyridine rings is 1. The Balaban J connectivity index is 0.00000144. The van der Waals surface area contributed by atoms with Gasteiger partial charge in [0.15, 0.2) is 0 Å². The topological polar surface area (TPSA) is 16.1 Å². The van der Waals surface area contributed by atoms with Crippen LogP contribution in [0.15, 0.2) is 18.2 Å². The van der Waals surface area contributed by atoms with Gasteiger partial charge in [0, 0.05) is 6.54 Å². The summed E-state index contributed by atoms with van der Waals surface area (Å²) in [6, 6.07) is 5.94. The quantitative estimate of drug-likeness (QED) is 0.728. The summed E-state index contributed by atoms with van der Waals surface area (Å²) >= 11 is 5.66. The van der Waals surface area contributed by atoms with Gasteiger partial charge in [-0.1, -0.05) is 6.07 Å². The molecule has 0 fully saturated rings. The van der Waals surface area contributed by atoms with Gasteiger partial charge in [0.25, 0.3) is 0 Å². The van der Waals surface area contributed by atoms with Crippen molar-refractivity contribution >= 4 is 24.0 Å². The number of alkyl halides is 1. The van der Waals surface area contributed by atoms with Gasteiger partial charge in [-0.15, -0.1) is 24.0 Å². The maximum atomic E-state index is 5.66. The molecule has 1 rings (SSSR count). The Morgan fingerprint density at radius 1 is 1.31 bits per heavy atom. The molecule has 0 unspecified atom stereocenters. The van der Waals surface area contributed by atoms with Gasteiger partial charge >= 0.3 is 0 Å². The number of hydrogen-bond acceptors (Lipinski definition) is 2. The summed E-state index contributed by atoms with van der Waals surface area (Å²) in [5.41, 5.74) is 2.01. The smallest absolute Gasteiger partial charge is 0.0647 e. The van der Waals surface area contributed by atoms with Crippen LogP contribution in [0, 0.1) is 0 Å². The summed E-state index contributed by atoms with van der Waals surface area (Å²) in [5, 5.41) is 0. The second-order valence-electron chi connectivity index (χ2n) is 2.99. The Morgan fingerprint density at radius 2 is 1.92 bits per heavy atom. The lowest BCUT2D eigenvalue weighted by molar-refractivity contribution is 0.396. The number of halogens is 2. The number of aromatic nitrogens is 1. The summed E-state index contributed by atoms with van der Waals surface area (Å²) < 4.78 is 0. The first-order chi connectivity index (χ1) is 5.72. The van der Waals surface area contributed by atoms with Crippen molar-refractivity contribution in [3.05, 3.63) is 29.6 Å². The molecule has 2 nitrogen and oxygen atoms in total. The van der Waals surface area contributed by atoms with E-state index in [9.17, 15) is 0 Å². The highest BCUT2D eigenvalue weighted by Crippen LogP contribution is 2.03. The maximum Gasteiger partial charge on any atom is 0.0647 e. The monoisotopic (exact) mass is 220 g/mol. The van der Waals surface area contributed by atoms with Gasteiger partial charge in [0.2, 0.25) is 0 Å². The first-order valence-electron chi connectivity index (χ1n) is 3.88. The molecule has 13 heavy (non-hydrogen) atoms. The zero-order valence-corrected chi connectivity index (χ0v) is 9.40. The maximum absolute atomic E-state index is 5.66. The SMILES string of the molecule is CN(C)Cc1cccc(CCl)n1.Cl. The molecule has 0 amide bonds. The van der Waals surface area contributed by atoms with E-state index in [1.165, 1.54) is 0 Å². The molecular weight excluding hydrogens is 207 g/mol. The molecule has 1 aromatic heterocycles. The minimum absolute atomic E-state index is 0. The highest BCUT2D eigenvalue weighted by Gasteiger charge is 1.97. The Labute approximate surface area is 90.3 Å². The Hall–Kier alpha value is -0.310. The van der Waals surface area contributed by atoms with Gasteiger partial charge in [-0.25, -0.2) is 0 Å². The van der Waals surface area contributed by atoms with Gasteiger partial charge in [-0.05, 0) is 26.2 Å². The average molecular weight is 221 g/mol. The molecule has 1 aromatic rings. The fraction of sp³-hybridized carbons (Fsp3) is 0.444. The molecule has 0 saturated heterocycles. The Bertz CT molecular complexity index is 251. The Kier molecular flexibility index (Phi) is 6.04. The van der Waals surface area contributed by atoms with Crippen LogP contribution in [0.25, 0.3) is 0 Å². The molecule has 74 valence electrons. The van der Waals surface area contributed by atoms with E-state index in [2.05, 4.69) is 9.88 Å². The molecule has 0 aromatic carbocycles. The number of rotatable bonds is 3. The summed E-state index contributed by atoms with van der Waals surface area (Å²) in [6.07, 6.45) is 0. The highest BCUT2D eigenvalue weighted by atomic mass is 35.5. The summed E-state index contributed by atoms with van der Waals surface area (Å²) in [7, 11) is 4.05. The predicted molar refractivity (Wildman–Crippen MR) is 58.4 cm³/mol. The molecule has 0 saturated carbocycles. The lowest BCUT2D eigenvalue weighted by Gasteiger charge is -2.08. The summed E-state index contributed by atoms with van der Waals surface area (Å²) in [4.78, 5) is 6.44. The second kappa shape index (κ2) is 6.19. The lowest BCUT2D eigenvalue weighted by atomic mass is 10.3. The zero-order chi connectivity index (χ0) is 8.97. The van der Waals surface area contributed by atoms with Crippen molar-refractivity contribution in [2.75, 3.05) is 14.1 Å². The molecule has 4 heteroatoms. The average Bonchev–Trinajstić information content (AvgIpc) is 2.03. The van der Waals surface area contributed by atoms with Crippen LogP contribution in [0.2, 0.25) is 0 Å². The largest absolute Gasteiger partial charge is 0.304 e. The summed E-state index contributed by atoms with van der Waals surface area (Å²) in [6.45, 7) is 0.866. The van der Waals surface area contributed by atoms with Crippen LogP contribution >= 0.6 is 24.0 Å². The second-order valence-corrected chi connectivity index (χ2v) is 3.26. The highest BCUT2D eigenvalue weighted by molar-refractivity contribution is 6.16. The van der Waals surface area contributed by atoms with Crippen molar-refractivity contribution in [3.63, 3.8) is 0 Å². The third-order valence-electron chi connectivity index (χ3n) is 1.48. The fourth-order valence-corrected chi connectivity index (χ4v) is 1.16. The van der Waals surface area contributed by atoms with Crippen molar-refractivity contribution in [2.24, 2.45) is 0 Å². The van der Waals surface area contributed by atoms with E-state index in [4.69, 9.17) is 11.6 Å². The standard InChI is InChI=1S/C9H13ClN2.ClH/c1-12(2)7-9-5-3-4-8(6-10)11-9;/h3-5H,6-7H2,1-2H3;1H. The van der Waals surface area contributed by atoms with E-state index in [1.54, 1.807) is 0 Å². The number of nitrogens with zero attached hydrogens (tertiary/aromatic N) is 2. The van der Waals surface area contributed by atoms with Crippen LogP contribution in [-0.2, 0) is 12.4 Å².